The van der Waals surface area contributed by atoms with Crippen LogP contribution in [0.3, 0.4) is 0 Å². The molecule has 2 aromatic carbocycles. The van der Waals surface area contributed by atoms with Gasteiger partial charge in [0.25, 0.3) is 0 Å². The number of hydrogen-bond donors (Lipinski definition) is 2. The Morgan fingerprint density at radius 2 is 1.42 bits per heavy atom. The smallest absolute Gasteiger partial charge is 0.429 e. The van der Waals surface area contributed by atoms with Crippen molar-refractivity contribution in [2.24, 2.45) is 0 Å². The first-order chi connectivity index (χ1) is 16.1. The third kappa shape index (κ3) is 9.48. The molecule has 2 rings (SSSR count). The minimum absolute atomic E-state index is 0.0183. The molecular formula is C24H32N2O7. The number of nitrogens with one attached hydrogen (secondary N) is 1. The van der Waals surface area contributed by atoms with E-state index in [9.17, 15) is 14.7 Å². The van der Waals surface area contributed by atoms with Gasteiger partial charge in [0.1, 0.15) is 13.2 Å². The average molecular weight is 461 g/mol. The van der Waals surface area contributed by atoms with Crippen LogP contribution in [0.4, 0.5) is 9.59 Å². The zero-order valence-corrected chi connectivity index (χ0v) is 19.0. The first-order valence-corrected chi connectivity index (χ1v) is 10.7. The van der Waals surface area contributed by atoms with E-state index in [1.165, 1.54) is 14.2 Å². The summed E-state index contributed by atoms with van der Waals surface area (Å²) in [5.74, 6) is 0. The fourth-order valence-electron chi connectivity index (χ4n) is 3.08. The highest BCUT2D eigenvalue weighted by Gasteiger charge is 2.27. The van der Waals surface area contributed by atoms with Crippen molar-refractivity contribution in [1.82, 2.24) is 10.4 Å². The first kappa shape index (κ1) is 26.1. The maximum atomic E-state index is 12.8. The van der Waals surface area contributed by atoms with Gasteiger partial charge in [0.15, 0.2) is 6.29 Å². The van der Waals surface area contributed by atoms with Gasteiger partial charge in [-0.25, -0.2) is 20.0 Å². The topological polar surface area (TPSA) is 107 Å². The summed E-state index contributed by atoms with van der Waals surface area (Å²) >= 11 is 0. The Bertz CT molecular complexity index is 816. The number of carbonyl (C=O) groups excluding carboxylic acids is 2. The normalized spacial score (nSPS) is 11.6. The Morgan fingerprint density at radius 3 is 1.94 bits per heavy atom. The molecule has 0 bridgehead atoms. The monoisotopic (exact) mass is 460 g/mol. The summed E-state index contributed by atoms with van der Waals surface area (Å²) in [6, 6.07) is 17.6. The van der Waals surface area contributed by atoms with Crippen LogP contribution in [0.2, 0.25) is 0 Å². The molecule has 9 heteroatoms. The van der Waals surface area contributed by atoms with E-state index < -0.39 is 24.5 Å². The number of aliphatic hydroxyl groups excluding tert-OH is 1. The molecule has 0 saturated heterocycles. The lowest BCUT2D eigenvalue weighted by Crippen LogP contribution is -2.53. The molecule has 0 aliphatic carbocycles. The Morgan fingerprint density at radius 1 is 0.879 bits per heavy atom. The average Bonchev–Trinajstić information content (AvgIpc) is 2.86. The zero-order valence-electron chi connectivity index (χ0n) is 19.0. The van der Waals surface area contributed by atoms with Gasteiger partial charge >= 0.3 is 12.2 Å². The van der Waals surface area contributed by atoms with Crippen molar-refractivity contribution in [2.45, 2.75) is 44.8 Å². The lowest BCUT2D eigenvalue weighted by molar-refractivity contribution is -0.107. The zero-order chi connectivity index (χ0) is 23.9. The van der Waals surface area contributed by atoms with Gasteiger partial charge in [-0.2, -0.15) is 0 Å². The molecule has 0 saturated carbocycles. The molecule has 0 unspecified atom stereocenters. The van der Waals surface area contributed by atoms with Crippen molar-refractivity contribution >= 4 is 12.2 Å². The highest BCUT2D eigenvalue weighted by molar-refractivity contribution is 5.74. The van der Waals surface area contributed by atoms with Gasteiger partial charge in [-0.1, -0.05) is 60.7 Å². The van der Waals surface area contributed by atoms with E-state index in [1.807, 2.05) is 60.7 Å². The minimum atomic E-state index is -0.833. The van der Waals surface area contributed by atoms with Gasteiger partial charge < -0.3 is 24.1 Å². The molecule has 0 aliphatic rings. The van der Waals surface area contributed by atoms with Crippen molar-refractivity contribution in [3.05, 3.63) is 71.8 Å². The number of hydrogen-bond acceptors (Lipinski definition) is 7. The van der Waals surface area contributed by atoms with Crippen molar-refractivity contribution < 1.29 is 33.6 Å². The summed E-state index contributed by atoms with van der Waals surface area (Å²) < 4.78 is 20.9. The molecule has 0 aliphatic heterocycles. The summed E-state index contributed by atoms with van der Waals surface area (Å²) in [4.78, 5) is 25.2. The van der Waals surface area contributed by atoms with Gasteiger partial charge in [-0.3, -0.25) is 0 Å². The number of benzene rings is 2. The number of amides is 2. The van der Waals surface area contributed by atoms with E-state index >= 15 is 0 Å². The molecule has 0 aromatic heterocycles. The number of aliphatic hydroxyl groups is 1. The van der Waals surface area contributed by atoms with Crippen LogP contribution < -0.4 is 5.43 Å². The molecule has 1 atom stereocenters. The summed E-state index contributed by atoms with van der Waals surface area (Å²) in [6.45, 7) is -0.332. The van der Waals surface area contributed by atoms with Crippen molar-refractivity contribution in [3.8, 4) is 0 Å². The molecule has 0 radical (unpaired) electrons. The van der Waals surface area contributed by atoms with Gasteiger partial charge in [-0.15, -0.1) is 0 Å². The number of nitrogens with zero attached hydrogens (tertiary/aromatic N) is 1. The van der Waals surface area contributed by atoms with Crippen LogP contribution in [0.1, 0.15) is 30.4 Å². The Labute approximate surface area is 194 Å². The van der Waals surface area contributed by atoms with Crippen LogP contribution in [0.15, 0.2) is 60.7 Å². The fraction of sp³-hybridized carbons (Fsp3) is 0.417. The second kappa shape index (κ2) is 14.8. The summed E-state index contributed by atoms with van der Waals surface area (Å²) in [5.41, 5.74) is 4.01. The number of carbonyl (C=O) groups is 2. The van der Waals surface area contributed by atoms with Gasteiger partial charge in [0.05, 0.1) is 12.6 Å². The van der Waals surface area contributed by atoms with Crippen LogP contribution in [0.25, 0.3) is 0 Å². The Balaban J connectivity index is 2.00. The molecule has 180 valence electrons. The van der Waals surface area contributed by atoms with Gasteiger partial charge in [0, 0.05) is 14.2 Å². The van der Waals surface area contributed by atoms with E-state index in [4.69, 9.17) is 18.9 Å². The fourth-order valence-corrected chi connectivity index (χ4v) is 3.08. The van der Waals surface area contributed by atoms with Gasteiger partial charge in [0.2, 0.25) is 0 Å². The van der Waals surface area contributed by atoms with E-state index in [0.717, 1.165) is 16.1 Å². The highest BCUT2D eigenvalue weighted by atomic mass is 16.7. The molecule has 2 N–H and O–H groups in total. The van der Waals surface area contributed by atoms with Crippen molar-refractivity contribution in [1.29, 1.82) is 0 Å². The van der Waals surface area contributed by atoms with Gasteiger partial charge in [-0.05, 0) is 30.4 Å². The predicted octanol–water partition coefficient (Wildman–Crippen LogP) is 3.62. The van der Waals surface area contributed by atoms with Crippen LogP contribution in [-0.4, -0.2) is 55.5 Å². The largest absolute Gasteiger partial charge is 0.443 e. The standard InChI is InChI=1S/C24H32N2O7/c1-30-22(31-2)15-9-14-21(16-27)26(24(29)33-18-20-12-7-4-8-13-20)25-23(28)32-17-19-10-5-3-6-11-19/h3-8,10-13,21-22,27H,9,14-18H2,1-2H3,(H,25,28)/t21-/m1/s1. The molecule has 2 aromatic rings. The molecular weight excluding hydrogens is 428 g/mol. The van der Waals surface area contributed by atoms with E-state index in [2.05, 4.69) is 5.43 Å². The lowest BCUT2D eigenvalue weighted by Gasteiger charge is -2.29. The second-order valence-corrected chi connectivity index (χ2v) is 7.25. The van der Waals surface area contributed by atoms with E-state index in [0.29, 0.717) is 19.3 Å². The number of ether oxygens (including phenoxy) is 4. The summed E-state index contributed by atoms with van der Waals surface area (Å²) in [7, 11) is 3.07. The predicted molar refractivity (Wildman–Crippen MR) is 121 cm³/mol. The summed E-state index contributed by atoms with van der Waals surface area (Å²) in [5, 5.41) is 10.9. The second-order valence-electron chi connectivity index (χ2n) is 7.25. The quantitative estimate of drug-likeness (QED) is 0.368. The Kier molecular flexibility index (Phi) is 11.7. The van der Waals surface area contributed by atoms with E-state index in [-0.39, 0.29) is 19.8 Å². The van der Waals surface area contributed by atoms with E-state index in [1.54, 1.807) is 0 Å². The highest BCUT2D eigenvalue weighted by Crippen LogP contribution is 2.13. The molecule has 0 heterocycles. The number of rotatable bonds is 12. The van der Waals surface area contributed by atoms with Crippen LogP contribution in [0, 0.1) is 0 Å². The Hall–Kier alpha value is -3.14. The molecule has 0 spiro atoms. The maximum Gasteiger partial charge on any atom is 0.429 e. The van der Waals surface area contributed by atoms with Crippen LogP contribution in [0.5, 0.6) is 0 Å². The summed E-state index contributed by atoms with van der Waals surface area (Å²) in [6.07, 6.45) is -0.536. The third-order valence-electron chi connectivity index (χ3n) is 4.91. The molecule has 9 nitrogen and oxygen atoms in total. The maximum absolute atomic E-state index is 12.8. The number of methoxy groups -OCH3 is 2. The minimum Gasteiger partial charge on any atom is -0.443 e. The molecule has 2 amide bonds. The third-order valence-corrected chi connectivity index (χ3v) is 4.91. The van der Waals surface area contributed by atoms with Crippen molar-refractivity contribution in [3.63, 3.8) is 0 Å². The number of hydrazine groups is 1. The van der Waals surface area contributed by atoms with Crippen molar-refractivity contribution in [2.75, 3.05) is 20.8 Å². The molecule has 33 heavy (non-hydrogen) atoms. The first-order valence-electron chi connectivity index (χ1n) is 10.7. The molecule has 0 fully saturated rings. The lowest BCUT2D eigenvalue weighted by atomic mass is 10.1. The van der Waals surface area contributed by atoms with Crippen LogP contribution >= 0.6 is 0 Å². The SMILES string of the molecule is COC(CCC[C@H](CO)N(NC(=O)OCc1ccccc1)C(=O)OCc1ccccc1)OC. The van der Waals surface area contributed by atoms with Crippen LogP contribution in [-0.2, 0) is 32.2 Å².